The lowest BCUT2D eigenvalue weighted by atomic mass is 10.1. The van der Waals surface area contributed by atoms with E-state index in [9.17, 15) is 4.79 Å². The minimum Gasteiger partial charge on any atom is -0.481 e. The van der Waals surface area contributed by atoms with Crippen LogP contribution in [0.5, 0.6) is 5.75 Å². The smallest absolute Gasteiger partial charge is 0.266 e. The normalized spacial score (nSPS) is 11.8. The lowest BCUT2D eigenvalue weighted by Gasteiger charge is -2.16. The fourth-order valence-corrected chi connectivity index (χ4v) is 3.27. The molecule has 2 aromatic rings. The van der Waals surface area contributed by atoms with Gasteiger partial charge in [0.25, 0.3) is 5.91 Å². The summed E-state index contributed by atoms with van der Waals surface area (Å²) in [6, 6.07) is 5.79. The molecule has 0 aliphatic rings. The third-order valence-corrected chi connectivity index (χ3v) is 5.16. The molecule has 0 spiro atoms. The lowest BCUT2D eigenvalue weighted by Crippen LogP contribution is -2.30. The van der Waals surface area contributed by atoms with Crippen LogP contribution in [0.1, 0.15) is 18.1 Å². The summed E-state index contributed by atoms with van der Waals surface area (Å²) in [4.78, 5) is 12.2. The maximum absolute atomic E-state index is 12.2. The van der Waals surface area contributed by atoms with Crippen molar-refractivity contribution in [2.45, 2.75) is 31.2 Å². The summed E-state index contributed by atoms with van der Waals surface area (Å²) in [7, 11) is 0. The van der Waals surface area contributed by atoms with Crippen molar-refractivity contribution >= 4 is 34.1 Å². The minimum absolute atomic E-state index is 0.248. The highest BCUT2D eigenvalue weighted by Gasteiger charge is 2.18. The Kier molecular flexibility index (Phi) is 6.18. The van der Waals surface area contributed by atoms with E-state index in [1.165, 1.54) is 23.1 Å². The van der Waals surface area contributed by atoms with Gasteiger partial charge in [0, 0.05) is 5.75 Å². The molecule has 122 valence electrons. The molecule has 5 nitrogen and oxygen atoms in total. The number of carbonyl (C=O) groups excluding carboxylic acids is 1. The molecule has 1 atom stereocenters. The molecule has 1 N–H and O–H groups in total. The highest BCUT2D eigenvalue weighted by atomic mass is 32.2. The van der Waals surface area contributed by atoms with Crippen LogP contribution in [0.2, 0.25) is 0 Å². The molecule has 0 bridgehead atoms. The van der Waals surface area contributed by atoms with Crippen LogP contribution in [-0.4, -0.2) is 28.0 Å². The van der Waals surface area contributed by atoms with Gasteiger partial charge in [0.2, 0.25) is 5.13 Å². The Labute approximate surface area is 144 Å². The van der Waals surface area contributed by atoms with Gasteiger partial charge in [-0.3, -0.25) is 10.1 Å². The Morgan fingerprint density at radius 1 is 1.48 bits per heavy atom. The molecule has 2 rings (SSSR count). The van der Waals surface area contributed by atoms with Crippen LogP contribution in [-0.2, 0) is 4.79 Å². The maximum atomic E-state index is 12.2. The molecule has 1 heterocycles. The van der Waals surface area contributed by atoms with Gasteiger partial charge >= 0.3 is 0 Å². The van der Waals surface area contributed by atoms with Crippen molar-refractivity contribution < 1.29 is 9.53 Å². The fourth-order valence-electron chi connectivity index (χ4n) is 1.75. The summed E-state index contributed by atoms with van der Waals surface area (Å²) in [6.45, 7) is 9.36. The predicted octanol–water partition coefficient (Wildman–Crippen LogP) is 3.84. The van der Waals surface area contributed by atoms with E-state index in [1.807, 2.05) is 32.0 Å². The zero-order valence-corrected chi connectivity index (χ0v) is 15.0. The number of nitrogens with zero attached hydrogens (tertiary/aromatic N) is 2. The van der Waals surface area contributed by atoms with Crippen LogP contribution >= 0.6 is 23.1 Å². The summed E-state index contributed by atoms with van der Waals surface area (Å²) in [5.41, 5.74) is 2.16. The number of hydrogen-bond acceptors (Lipinski definition) is 6. The minimum atomic E-state index is -0.622. The Hall–Kier alpha value is -1.86. The van der Waals surface area contributed by atoms with Gasteiger partial charge in [-0.2, -0.15) is 0 Å². The van der Waals surface area contributed by atoms with Gasteiger partial charge in [0.05, 0.1) is 0 Å². The molecule has 0 unspecified atom stereocenters. The molecule has 0 aliphatic heterocycles. The quantitative estimate of drug-likeness (QED) is 0.467. The van der Waals surface area contributed by atoms with Crippen LogP contribution in [0.4, 0.5) is 5.13 Å². The molecular formula is C16H19N3O2S2. The number of anilines is 1. The number of thioether (sulfide) groups is 1. The maximum Gasteiger partial charge on any atom is 0.266 e. The van der Waals surface area contributed by atoms with E-state index >= 15 is 0 Å². The third kappa shape index (κ3) is 4.80. The second-order valence-electron chi connectivity index (χ2n) is 4.92. The average Bonchev–Trinajstić information content (AvgIpc) is 2.97. The average molecular weight is 349 g/mol. The highest BCUT2D eigenvalue weighted by Crippen LogP contribution is 2.26. The van der Waals surface area contributed by atoms with E-state index in [0.717, 1.165) is 21.2 Å². The van der Waals surface area contributed by atoms with Gasteiger partial charge in [-0.15, -0.1) is 16.8 Å². The van der Waals surface area contributed by atoms with Crippen molar-refractivity contribution in [3.63, 3.8) is 0 Å². The van der Waals surface area contributed by atoms with Gasteiger partial charge in [-0.1, -0.05) is 41.3 Å². The van der Waals surface area contributed by atoms with Gasteiger partial charge < -0.3 is 4.74 Å². The van der Waals surface area contributed by atoms with Crippen LogP contribution in [0.25, 0.3) is 0 Å². The second-order valence-corrected chi connectivity index (χ2v) is 7.16. The van der Waals surface area contributed by atoms with Crippen LogP contribution in [0, 0.1) is 13.8 Å². The molecule has 23 heavy (non-hydrogen) atoms. The molecule has 1 aromatic carbocycles. The number of carbonyl (C=O) groups is 1. The standard InChI is InChI=1S/C16H19N3O2S2/c1-5-9-22-16-19-18-15(23-16)17-14(20)12(4)21-13-8-6-7-10(2)11(13)3/h5-8,12H,1,9H2,2-4H3,(H,17,18,20)/t12-/m0/s1. The third-order valence-electron chi connectivity index (χ3n) is 3.19. The zero-order valence-electron chi connectivity index (χ0n) is 13.3. The topological polar surface area (TPSA) is 64.1 Å². The van der Waals surface area contributed by atoms with Gasteiger partial charge in [0.1, 0.15) is 5.75 Å². The molecule has 0 saturated heterocycles. The van der Waals surface area contributed by atoms with Gasteiger partial charge in [-0.25, -0.2) is 0 Å². The Balaban J connectivity index is 1.95. The fraction of sp³-hybridized carbons (Fsp3) is 0.312. The van der Waals surface area contributed by atoms with E-state index in [1.54, 1.807) is 13.0 Å². The number of nitrogens with one attached hydrogen (secondary N) is 1. The Morgan fingerprint density at radius 3 is 3.00 bits per heavy atom. The van der Waals surface area contributed by atoms with Crippen molar-refractivity contribution in [3.05, 3.63) is 42.0 Å². The number of ether oxygens (including phenoxy) is 1. The molecule has 0 aliphatic carbocycles. The molecule has 7 heteroatoms. The molecule has 0 saturated carbocycles. The van der Waals surface area contributed by atoms with Crippen molar-refractivity contribution in [3.8, 4) is 5.75 Å². The number of rotatable bonds is 7. The van der Waals surface area contributed by atoms with Gasteiger partial charge in [-0.05, 0) is 38.0 Å². The summed E-state index contributed by atoms with van der Waals surface area (Å²) in [5, 5.41) is 11.2. The highest BCUT2D eigenvalue weighted by molar-refractivity contribution is 8.01. The number of hydrogen-bond donors (Lipinski definition) is 1. The van der Waals surface area contributed by atoms with Crippen LogP contribution in [0.3, 0.4) is 0 Å². The van der Waals surface area contributed by atoms with Crippen LogP contribution in [0.15, 0.2) is 35.2 Å². The monoisotopic (exact) mass is 349 g/mol. The number of amides is 1. The van der Waals surface area contributed by atoms with Crippen molar-refractivity contribution in [2.75, 3.05) is 11.1 Å². The first-order valence-corrected chi connectivity index (χ1v) is 8.92. The summed E-state index contributed by atoms with van der Waals surface area (Å²) in [6.07, 6.45) is 1.17. The van der Waals surface area contributed by atoms with E-state index < -0.39 is 6.10 Å². The first-order chi connectivity index (χ1) is 11.0. The Bertz CT molecular complexity index is 700. The number of aromatic nitrogens is 2. The summed E-state index contributed by atoms with van der Waals surface area (Å²) < 4.78 is 6.55. The first-order valence-electron chi connectivity index (χ1n) is 7.12. The number of benzene rings is 1. The molecule has 0 fully saturated rings. The zero-order chi connectivity index (χ0) is 16.8. The van der Waals surface area contributed by atoms with E-state index in [0.29, 0.717) is 10.9 Å². The van der Waals surface area contributed by atoms with Crippen molar-refractivity contribution in [1.29, 1.82) is 0 Å². The summed E-state index contributed by atoms with van der Waals surface area (Å²) in [5.74, 6) is 1.23. The van der Waals surface area contributed by atoms with E-state index in [-0.39, 0.29) is 5.91 Å². The summed E-state index contributed by atoms with van der Waals surface area (Å²) >= 11 is 2.86. The Morgan fingerprint density at radius 2 is 2.26 bits per heavy atom. The predicted molar refractivity (Wildman–Crippen MR) is 95.5 cm³/mol. The first kappa shape index (κ1) is 17.5. The molecular weight excluding hydrogens is 330 g/mol. The van der Waals surface area contributed by atoms with Gasteiger partial charge in [0.15, 0.2) is 10.4 Å². The SMILES string of the molecule is C=CCSc1nnc(NC(=O)[C@H](C)Oc2cccc(C)c2C)s1. The van der Waals surface area contributed by atoms with Crippen molar-refractivity contribution in [1.82, 2.24) is 10.2 Å². The second kappa shape index (κ2) is 8.12. The molecule has 1 amide bonds. The number of aryl methyl sites for hydroxylation is 1. The lowest BCUT2D eigenvalue weighted by molar-refractivity contribution is -0.122. The van der Waals surface area contributed by atoms with Crippen LogP contribution < -0.4 is 10.1 Å². The largest absolute Gasteiger partial charge is 0.481 e. The van der Waals surface area contributed by atoms with Crippen molar-refractivity contribution in [2.24, 2.45) is 0 Å². The molecule has 0 radical (unpaired) electrons. The molecule has 1 aromatic heterocycles. The van der Waals surface area contributed by atoms with E-state index in [4.69, 9.17) is 4.74 Å². The van der Waals surface area contributed by atoms with E-state index in [2.05, 4.69) is 22.1 Å².